The minimum atomic E-state index is -0.239. The normalized spacial score (nSPS) is 29.4. The van der Waals surface area contributed by atoms with Gasteiger partial charge in [-0.05, 0) is 43.4 Å². The zero-order valence-corrected chi connectivity index (χ0v) is 20.7. The molecule has 2 saturated heterocycles. The number of likely N-dealkylation sites (tertiary alicyclic amines) is 2. The first kappa shape index (κ1) is 23.6. The molecule has 3 fully saturated rings. The van der Waals surface area contributed by atoms with Crippen LogP contribution in [0, 0.1) is 5.41 Å². The molecule has 1 saturated carbocycles. The Hall–Kier alpha value is -3.15. The molecule has 184 valence electrons. The molecule has 3 aliphatic rings. The quantitative estimate of drug-likeness (QED) is 0.718. The Morgan fingerprint density at radius 3 is 2.14 bits per heavy atom. The van der Waals surface area contributed by atoms with Gasteiger partial charge in [-0.1, -0.05) is 68.3 Å². The van der Waals surface area contributed by atoms with Crippen LogP contribution >= 0.6 is 0 Å². The highest BCUT2D eigenvalue weighted by atomic mass is 16.2. The van der Waals surface area contributed by atoms with Crippen LogP contribution in [-0.2, 0) is 16.0 Å². The summed E-state index contributed by atoms with van der Waals surface area (Å²) in [6.07, 6.45) is 5.68. The predicted octanol–water partition coefficient (Wildman–Crippen LogP) is 3.81. The van der Waals surface area contributed by atoms with Gasteiger partial charge in [-0.25, -0.2) is 0 Å². The first-order valence-electron chi connectivity index (χ1n) is 12.9. The van der Waals surface area contributed by atoms with Crippen molar-refractivity contribution in [3.63, 3.8) is 0 Å². The van der Waals surface area contributed by atoms with Gasteiger partial charge in [-0.2, -0.15) is 0 Å². The van der Waals surface area contributed by atoms with E-state index >= 15 is 0 Å². The number of benzene rings is 2. The molecular weight excluding hydrogens is 438 g/mol. The Kier molecular flexibility index (Phi) is 6.39. The fraction of sp³-hybridized carbons (Fsp3) is 0.483. The van der Waals surface area contributed by atoms with Crippen molar-refractivity contribution in [3.05, 3.63) is 71.8 Å². The standard InChI is InChI=1S/C29H35N3O3/c1-20(33)31-23(17-21-11-5-3-6-12-21)24-18-29(2)25(31)15-9-10-16-26(29)32(24)27(34)19-30-28(35)22-13-7-4-8-14-22/h3-8,11-14,23-26H,9-10,15-19H2,1-2H3,(H,30,35)/t23-,24+,25-,26+,29-/m1/s1. The Balaban J connectivity index is 1.45. The van der Waals surface area contributed by atoms with Crippen molar-refractivity contribution >= 4 is 17.7 Å². The zero-order chi connectivity index (χ0) is 24.6. The minimum absolute atomic E-state index is 0.0282. The number of piperidine rings is 1. The molecule has 2 aromatic carbocycles. The van der Waals surface area contributed by atoms with E-state index in [1.54, 1.807) is 19.1 Å². The molecule has 6 nitrogen and oxygen atoms in total. The second-order valence-corrected chi connectivity index (χ2v) is 10.6. The maximum Gasteiger partial charge on any atom is 0.251 e. The lowest BCUT2D eigenvalue weighted by Gasteiger charge is -2.50. The SMILES string of the molecule is CC(=O)N1[C@H](Cc2ccccc2)[C@@H]2C[C@@]3(C)[C@H](CCCC[C@@H]13)N2C(=O)CNC(=O)c1ccccc1. The van der Waals surface area contributed by atoms with E-state index in [2.05, 4.69) is 34.2 Å². The molecule has 1 aliphatic carbocycles. The van der Waals surface area contributed by atoms with E-state index in [0.29, 0.717) is 5.56 Å². The molecule has 5 rings (SSSR count). The molecule has 0 radical (unpaired) electrons. The third-order valence-electron chi connectivity index (χ3n) is 8.58. The molecule has 6 heteroatoms. The number of hydrogen-bond donors (Lipinski definition) is 1. The first-order valence-corrected chi connectivity index (χ1v) is 12.9. The Morgan fingerprint density at radius 2 is 1.51 bits per heavy atom. The maximum absolute atomic E-state index is 13.8. The van der Waals surface area contributed by atoms with Gasteiger partial charge in [-0.15, -0.1) is 0 Å². The summed E-state index contributed by atoms with van der Waals surface area (Å²) in [5.41, 5.74) is 1.60. The second kappa shape index (κ2) is 9.48. The van der Waals surface area contributed by atoms with Gasteiger partial charge in [0.1, 0.15) is 0 Å². The molecule has 2 aromatic rings. The topological polar surface area (TPSA) is 69.7 Å². The van der Waals surface area contributed by atoms with Gasteiger partial charge in [0.15, 0.2) is 0 Å². The summed E-state index contributed by atoms with van der Waals surface area (Å²) < 4.78 is 0. The van der Waals surface area contributed by atoms with Crippen LogP contribution in [0.3, 0.4) is 0 Å². The van der Waals surface area contributed by atoms with Gasteiger partial charge >= 0.3 is 0 Å². The highest BCUT2D eigenvalue weighted by Crippen LogP contribution is 2.55. The average molecular weight is 474 g/mol. The molecule has 3 amide bonds. The molecule has 2 heterocycles. The lowest BCUT2D eigenvalue weighted by molar-refractivity contribution is -0.142. The van der Waals surface area contributed by atoms with Crippen LogP contribution in [0.2, 0.25) is 0 Å². The van der Waals surface area contributed by atoms with E-state index in [4.69, 9.17) is 0 Å². The van der Waals surface area contributed by atoms with E-state index in [0.717, 1.165) is 38.5 Å². The van der Waals surface area contributed by atoms with Crippen LogP contribution in [-0.4, -0.2) is 58.2 Å². The van der Waals surface area contributed by atoms with Crippen molar-refractivity contribution in [3.8, 4) is 0 Å². The van der Waals surface area contributed by atoms with Crippen LogP contribution in [0.5, 0.6) is 0 Å². The number of fused-ring (bicyclic) bond motifs is 1. The largest absolute Gasteiger partial charge is 0.343 e. The van der Waals surface area contributed by atoms with Crippen LogP contribution in [0.1, 0.15) is 61.9 Å². The van der Waals surface area contributed by atoms with Gasteiger partial charge in [-0.3, -0.25) is 14.4 Å². The zero-order valence-electron chi connectivity index (χ0n) is 20.7. The Bertz CT molecular complexity index is 1090. The third kappa shape index (κ3) is 4.24. The number of nitrogens with zero attached hydrogens (tertiary/aromatic N) is 2. The highest BCUT2D eigenvalue weighted by molar-refractivity contribution is 5.96. The van der Waals surface area contributed by atoms with Crippen molar-refractivity contribution in [2.24, 2.45) is 5.41 Å². The summed E-state index contributed by atoms with van der Waals surface area (Å²) in [4.78, 5) is 43.7. The third-order valence-corrected chi connectivity index (χ3v) is 8.58. The lowest BCUT2D eigenvalue weighted by Crippen LogP contribution is -2.61. The molecule has 0 unspecified atom stereocenters. The van der Waals surface area contributed by atoms with Gasteiger partial charge in [0.05, 0.1) is 18.6 Å². The highest BCUT2D eigenvalue weighted by Gasteiger charge is 2.63. The molecule has 0 aromatic heterocycles. The van der Waals surface area contributed by atoms with Crippen LogP contribution < -0.4 is 5.32 Å². The molecule has 1 N–H and O–H groups in total. The van der Waals surface area contributed by atoms with Crippen molar-refractivity contribution in [2.75, 3.05) is 6.54 Å². The fourth-order valence-corrected chi connectivity index (χ4v) is 7.10. The first-order chi connectivity index (χ1) is 16.9. The summed E-state index contributed by atoms with van der Waals surface area (Å²) in [7, 11) is 0. The van der Waals surface area contributed by atoms with Gasteiger partial charge in [0, 0.05) is 30.0 Å². The van der Waals surface area contributed by atoms with Gasteiger partial charge in [0.25, 0.3) is 5.91 Å². The number of rotatable bonds is 5. The van der Waals surface area contributed by atoms with E-state index in [9.17, 15) is 14.4 Å². The summed E-state index contributed by atoms with van der Waals surface area (Å²) in [6.45, 7) is 3.93. The van der Waals surface area contributed by atoms with Gasteiger partial charge in [0.2, 0.25) is 11.8 Å². The van der Waals surface area contributed by atoms with Crippen molar-refractivity contribution in [1.82, 2.24) is 15.1 Å². The van der Waals surface area contributed by atoms with Gasteiger partial charge < -0.3 is 15.1 Å². The van der Waals surface area contributed by atoms with Crippen molar-refractivity contribution in [2.45, 2.75) is 76.5 Å². The summed E-state index contributed by atoms with van der Waals surface area (Å²) in [6, 6.07) is 19.4. The molecule has 0 spiro atoms. The molecule has 2 aliphatic heterocycles. The number of carbonyl (C=O) groups excluding carboxylic acids is 3. The van der Waals surface area contributed by atoms with E-state index in [1.165, 1.54) is 5.56 Å². The molecular formula is C29H35N3O3. The average Bonchev–Trinajstić information content (AvgIpc) is 3.01. The predicted molar refractivity (Wildman–Crippen MR) is 135 cm³/mol. The summed E-state index contributed by atoms with van der Waals surface area (Å²) in [5.74, 6) is -0.187. The van der Waals surface area contributed by atoms with E-state index < -0.39 is 0 Å². The fourth-order valence-electron chi connectivity index (χ4n) is 7.10. The van der Waals surface area contributed by atoms with E-state index in [-0.39, 0.29) is 53.8 Å². The van der Waals surface area contributed by atoms with Crippen LogP contribution in [0.25, 0.3) is 0 Å². The smallest absolute Gasteiger partial charge is 0.251 e. The Morgan fingerprint density at radius 1 is 0.914 bits per heavy atom. The molecule has 5 atom stereocenters. The maximum atomic E-state index is 13.8. The Labute approximate surface area is 207 Å². The number of nitrogens with one attached hydrogen (secondary N) is 1. The number of carbonyl (C=O) groups is 3. The van der Waals surface area contributed by atoms with Crippen molar-refractivity contribution in [1.29, 1.82) is 0 Å². The molecule has 2 bridgehead atoms. The minimum Gasteiger partial charge on any atom is -0.343 e. The monoisotopic (exact) mass is 473 g/mol. The van der Waals surface area contributed by atoms with Crippen molar-refractivity contribution < 1.29 is 14.4 Å². The van der Waals surface area contributed by atoms with Crippen LogP contribution in [0.4, 0.5) is 0 Å². The second-order valence-electron chi connectivity index (χ2n) is 10.6. The van der Waals surface area contributed by atoms with Crippen LogP contribution in [0.15, 0.2) is 60.7 Å². The lowest BCUT2D eigenvalue weighted by atomic mass is 9.69. The number of hydrogen-bond acceptors (Lipinski definition) is 3. The number of amides is 3. The summed E-state index contributed by atoms with van der Waals surface area (Å²) >= 11 is 0. The summed E-state index contributed by atoms with van der Waals surface area (Å²) in [5, 5.41) is 2.85. The molecule has 35 heavy (non-hydrogen) atoms. The van der Waals surface area contributed by atoms with E-state index in [1.807, 2.05) is 36.4 Å².